The molecule has 0 radical (unpaired) electrons. The van der Waals surface area contributed by atoms with Crippen molar-refractivity contribution in [2.75, 3.05) is 19.6 Å². The average molecular weight is 842 g/mol. The van der Waals surface area contributed by atoms with Gasteiger partial charge in [0.15, 0.2) is 0 Å². The third kappa shape index (κ3) is 15.3. The number of nitrogens with two attached hydrogens (primary N) is 3. The molecule has 0 spiro atoms. The van der Waals surface area contributed by atoms with Crippen LogP contribution in [0.15, 0.2) is 29.6 Å². The zero-order chi connectivity index (χ0) is 43.6. The molecule has 0 bridgehead atoms. The van der Waals surface area contributed by atoms with Crippen LogP contribution < -0.4 is 38.5 Å². The molecule has 0 saturated carbocycles. The number of aryl methyl sites for hydroxylation is 1. The zero-order valence-corrected chi connectivity index (χ0v) is 36.2. The van der Waals surface area contributed by atoms with Gasteiger partial charge in [-0.3, -0.25) is 24.0 Å². The van der Waals surface area contributed by atoms with E-state index in [-0.39, 0.29) is 31.2 Å². The van der Waals surface area contributed by atoms with Crippen LogP contribution in [0.5, 0.6) is 0 Å². The quantitative estimate of drug-likeness (QED) is 0.0673. The second kappa shape index (κ2) is 24.6. The van der Waals surface area contributed by atoms with Gasteiger partial charge < -0.3 is 48.5 Å². The number of unbranched alkanes of at least 4 members (excludes halogenated alkanes) is 2. The minimum atomic E-state index is -1.22. The van der Waals surface area contributed by atoms with Gasteiger partial charge >= 0.3 is 5.97 Å². The van der Waals surface area contributed by atoms with Crippen molar-refractivity contribution in [2.45, 2.75) is 141 Å². The third-order valence-electron chi connectivity index (χ3n) is 10.7. The number of benzene rings is 1. The Balaban J connectivity index is 1.90. The number of carbonyl (C=O) groups is 6. The average Bonchev–Trinajstić information content (AvgIpc) is 3.89. The minimum absolute atomic E-state index is 0.0147. The van der Waals surface area contributed by atoms with Gasteiger partial charge in [0.25, 0.3) is 0 Å². The standard InChI is InChI=1S/C42H67N9O7S/c1-6-27(5)35(39(55)49-33(42(57)58)22-25(2)3)50-37(53)32(23-29-24-59-40(46-29)28-17-15-26(4)16-18-28)48-38(54)34-14-11-21-51(34)41(56)31(13-8-10-20-44)47-36(52)30(45)12-7-9-19-43/h15-18,24-25,27,30-35H,6-14,19-23,43-45H2,1-5H3,(H,47,52)(H,48,54)(H,49,55)(H,50,53)(H,57,58)/t27-,30-,31-,32-,33-,34-,35-/m0/s1. The van der Waals surface area contributed by atoms with Crippen LogP contribution in [0, 0.1) is 18.8 Å². The lowest BCUT2D eigenvalue weighted by atomic mass is 9.96. The molecule has 59 heavy (non-hydrogen) atoms. The molecule has 0 aliphatic carbocycles. The number of likely N-dealkylation sites (tertiary alicyclic amines) is 1. The maximum Gasteiger partial charge on any atom is 0.326 e. The molecule has 16 nitrogen and oxygen atoms in total. The maximum atomic E-state index is 14.3. The Morgan fingerprint density at radius 3 is 2.12 bits per heavy atom. The lowest BCUT2D eigenvalue weighted by Crippen LogP contribution is -2.60. The van der Waals surface area contributed by atoms with Gasteiger partial charge in [-0.25, -0.2) is 9.78 Å². The van der Waals surface area contributed by atoms with Crippen LogP contribution in [-0.4, -0.2) is 106 Å². The fraction of sp³-hybridized carbons (Fsp3) is 0.643. The van der Waals surface area contributed by atoms with E-state index in [1.165, 1.54) is 16.2 Å². The number of carbonyl (C=O) groups excluding carboxylic acids is 5. The zero-order valence-electron chi connectivity index (χ0n) is 35.3. The van der Waals surface area contributed by atoms with Crippen molar-refractivity contribution in [1.29, 1.82) is 0 Å². The van der Waals surface area contributed by atoms with Crippen molar-refractivity contribution in [3.8, 4) is 10.6 Å². The van der Waals surface area contributed by atoms with Gasteiger partial charge in [0.05, 0.1) is 11.7 Å². The van der Waals surface area contributed by atoms with Crippen LogP contribution in [0.3, 0.4) is 0 Å². The van der Waals surface area contributed by atoms with E-state index in [1.54, 1.807) is 6.92 Å². The smallest absolute Gasteiger partial charge is 0.326 e. The number of carboxylic acid groups (broad SMARTS) is 1. The largest absolute Gasteiger partial charge is 0.480 e. The van der Waals surface area contributed by atoms with Crippen LogP contribution >= 0.6 is 11.3 Å². The lowest BCUT2D eigenvalue weighted by Gasteiger charge is -2.31. The van der Waals surface area contributed by atoms with E-state index in [4.69, 9.17) is 22.2 Å². The predicted octanol–water partition coefficient (Wildman–Crippen LogP) is 2.35. The summed E-state index contributed by atoms with van der Waals surface area (Å²) in [6, 6.07) is 1.68. The van der Waals surface area contributed by atoms with Crippen LogP contribution in [0.1, 0.15) is 103 Å². The van der Waals surface area contributed by atoms with Crippen molar-refractivity contribution in [2.24, 2.45) is 29.0 Å². The summed E-state index contributed by atoms with van der Waals surface area (Å²) in [6.45, 7) is 10.5. The summed E-state index contributed by atoms with van der Waals surface area (Å²) in [5.41, 5.74) is 20.0. The molecule has 3 rings (SSSR count). The number of thiazole rings is 1. The van der Waals surface area contributed by atoms with Gasteiger partial charge in [-0.2, -0.15) is 0 Å². The predicted molar refractivity (Wildman–Crippen MR) is 229 cm³/mol. The Morgan fingerprint density at radius 2 is 1.51 bits per heavy atom. The summed E-state index contributed by atoms with van der Waals surface area (Å²) >= 11 is 1.39. The second-order valence-electron chi connectivity index (χ2n) is 16.1. The van der Waals surface area contributed by atoms with Crippen molar-refractivity contribution in [3.05, 3.63) is 40.9 Å². The Labute approximate surface area is 352 Å². The number of hydrogen-bond acceptors (Lipinski definition) is 11. The van der Waals surface area contributed by atoms with E-state index in [2.05, 4.69) is 21.3 Å². The Kier molecular flexibility index (Phi) is 20.4. The van der Waals surface area contributed by atoms with E-state index in [1.807, 2.05) is 57.3 Å². The van der Waals surface area contributed by atoms with Crippen LogP contribution in [0.25, 0.3) is 10.6 Å². The minimum Gasteiger partial charge on any atom is -0.480 e. The highest BCUT2D eigenvalue weighted by molar-refractivity contribution is 7.13. The number of rotatable bonds is 25. The van der Waals surface area contributed by atoms with Crippen LogP contribution in [0.2, 0.25) is 0 Å². The first-order valence-corrected chi connectivity index (χ1v) is 21.9. The molecule has 1 fully saturated rings. The highest BCUT2D eigenvalue weighted by Gasteiger charge is 2.40. The molecule has 1 saturated heterocycles. The molecule has 328 valence electrons. The monoisotopic (exact) mass is 841 g/mol. The van der Waals surface area contributed by atoms with E-state index < -0.39 is 71.8 Å². The van der Waals surface area contributed by atoms with E-state index in [0.29, 0.717) is 70.2 Å². The summed E-state index contributed by atoms with van der Waals surface area (Å²) in [6.07, 6.45) is 4.80. The first kappa shape index (κ1) is 48.9. The lowest BCUT2D eigenvalue weighted by molar-refractivity contribution is -0.143. The Morgan fingerprint density at radius 1 is 0.864 bits per heavy atom. The number of aliphatic carboxylic acids is 1. The van der Waals surface area contributed by atoms with Gasteiger partial charge in [0, 0.05) is 23.9 Å². The molecule has 1 aromatic carbocycles. The molecule has 1 aliphatic heterocycles. The van der Waals surface area contributed by atoms with Gasteiger partial charge in [-0.1, -0.05) is 70.4 Å². The summed E-state index contributed by atoms with van der Waals surface area (Å²) in [5, 5.41) is 23.5. The normalized spacial score (nSPS) is 17.0. The molecule has 7 atom stereocenters. The summed E-state index contributed by atoms with van der Waals surface area (Å²) < 4.78 is 0. The SMILES string of the molecule is CC[C@H](C)[C@H](NC(=O)[C@H](Cc1csc(-c2ccc(C)cc2)n1)NC(=O)[C@@H]1CCCN1C(=O)[C@H](CCCCN)NC(=O)[C@@H](N)CCCCN)C(=O)N[C@@H](CC(C)C)C(=O)O. The number of amides is 5. The highest BCUT2D eigenvalue weighted by atomic mass is 32.1. The number of aromatic nitrogens is 1. The molecule has 5 amide bonds. The van der Waals surface area contributed by atoms with Crippen molar-refractivity contribution >= 4 is 46.8 Å². The molecular weight excluding hydrogens is 775 g/mol. The molecule has 1 aromatic heterocycles. The second-order valence-corrected chi connectivity index (χ2v) is 17.0. The topological polar surface area (TPSA) is 265 Å². The molecule has 2 heterocycles. The van der Waals surface area contributed by atoms with Gasteiger partial charge in [-0.15, -0.1) is 11.3 Å². The number of nitrogens with zero attached hydrogens (tertiary/aromatic N) is 2. The Bertz CT molecular complexity index is 1690. The number of carboxylic acids is 1. The fourth-order valence-electron chi connectivity index (χ4n) is 7.00. The fourth-order valence-corrected chi connectivity index (χ4v) is 7.84. The van der Waals surface area contributed by atoms with E-state index >= 15 is 0 Å². The van der Waals surface area contributed by atoms with Crippen LogP contribution in [0.4, 0.5) is 0 Å². The Hall–Kier alpha value is -4.45. The molecule has 0 unspecified atom stereocenters. The van der Waals surface area contributed by atoms with Gasteiger partial charge in [0.2, 0.25) is 29.5 Å². The van der Waals surface area contributed by atoms with E-state index in [0.717, 1.165) is 22.6 Å². The van der Waals surface area contributed by atoms with E-state index in [9.17, 15) is 33.9 Å². The molecule has 2 aromatic rings. The van der Waals surface area contributed by atoms with Gasteiger partial charge in [0.1, 0.15) is 35.2 Å². The molecule has 17 heteroatoms. The summed E-state index contributed by atoms with van der Waals surface area (Å²) in [4.78, 5) is 87.7. The van der Waals surface area contributed by atoms with Crippen molar-refractivity contribution in [3.63, 3.8) is 0 Å². The third-order valence-corrected chi connectivity index (χ3v) is 11.7. The summed E-state index contributed by atoms with van der Waals surface area (Å²) in [5.74, 6) is -4.34. The maximum absolute atomic E-state index is 14.3. The molecule has 1 aliphatic rings. The molecular formula is C42H67N9O7S. The number of nitrogens with one attached hydrogen (secondary N) is 4. The van der Waals surface area contributed by atoms with Crippen molar-refractivity contribution in [1.82, 2.24) is 31.2 Å². The van der Waals surface area contributed by atoms with Crippen LogP contribution in [-0.2, 0) is 35.2 Å². The number of hydrogen-bond donors (Lipinski definition) is 8. The highest BCUT2D eigenvalue weighted by Crippen LogP contribution is 2.25. The summed E-state index contributed by atoms with van der Waals surface area (Å²) in [7, 11) is 0. The first-order valence-electron chi connectivity index (χ1n) is 21.0. The molecule has 11 N–H and O–H groups in total. The van der Waals surface area contributed by atoms with Gasteiger partial charge in [-0.05, 0) is 83.2 Å². The first-order chi connectivity index (χ1) is 28.1. The van der Waals surface area contributed by atoms with Crippen molar-refractivity contribution < 1.29 is 33.9 Å².